The Hall–Kier alpha value is 1.04. The summed E-state index contributed by atoms with van der Waals surface area (Å²) in [5, 5.41) is 2.15. The first-order valence-electron chi connectivity index (χ1n) is 4.50. The van der Waals surface area contributed by atoms with Crippen LogP contribution in [-0.4, -0.2) is 119 Å². The van der Waals surface area contributed by atoms with Gasteiger partial charge in [0, 0.05) is 131 Å². The molecule has 2 aromatic rings. The maximum atomic E-state index is 11.2. The number of fused-ring (bicyclic) bond motifs is 3. The van der Waals surface area contributed by atoms with Crippen molar-refractivity contribution in [3.8, 4) is 0 Å². The van der Waals surface area contributed by atoms with Crippen LogP contribution in [0.4, 0.5) is 0 Å². The van der Waals surface area contributed by atoms with Crippen molar-refractivity contribution in [3.63, 3.8) is 0 Å². The molecule has 3 rings (SSSR count). The predicted molar refractivity (Wildman–Crippen MR) is 65.1 cm³/mol. The number of aromatic nitrogens is 1. The van der Waals surface area contributed by atoms with E-state index in [1.54, 1.807) is 12.3 Å². The molecule has 0 fully saturated rings. The minimum atomic E-state index is -0.698. The average Bonchev–Trinajstić information content (AvgIpc) is 2.68. The molecule has 1 aromatic heterocycles. The van der Waals surface area contributed by atoms with Gasteiger partial charge in [0.2, 0.25) is 5.78 Å². The standard InChI is InChI=1S/C11H6N2O2.2K/c14-9-5-6-1-2-8-7(3-4-12-8)10(6)13-11(9)15;;/h1-5,12H;;. The van der Waals surface area contributed by atoms with Crippen LogP contribution >= 0.6 is 0 Å². The Labute approximate surface area is 182 Å². The van der Waals surface area contributed by atoms with Gasteiger partial charge in [-0.1, -0.05) is 6.07 Å². The summed E-state index contributed by atoms with van der Waals surface area (Å²) in [4.78, 5) is 29.1. The molecule has 0 unspecified atom stereocenters. The van der Waals surface area contributed by atoms with E-state index in [2.05, 4.69) is 9.98 Å². The van der Waals surface area contributed by atoms with Crippen molar-refractivity contribution < 1.29 is 9.59 Å². The Balaban J connectivity index is 0.000000722. The van der Waals surface area contributed by atoms with E-state index in [1.807, 2.05) is 12.1 Å². The molecule has 6 heteroatoms. The van der Waals surface area contributed by atoms with E-state index in [0.717, 1.165) is 10.9 Å². The summed E-state index contributed by atoms with van der Waals surface area (Å²) in [6.07, 6.45) is 3.11. The molecule has 1 aliphatic rings. The normalized spacial score (nSPS) is 12.9. The molecule has 74 valence electrons. The van der Waals surface area contributed by atoms with Gasteiger partial charge in [0.05, 0.1) is 5.36 Å². The van der Waals surface area contributed by atoms with Crippen molar-refractivity contribution in [1.29, 1.82) is 0 Å². The molecule has 2 radical (unpaired) electrons. The number of nitrogens with zero attached hydrogens (tertiary/aromatic N) is 1. The summed E-state index contributed by atoms with van der Waals surface area (Å²) in [6, 6.07) is 5.49. The summed E-state index contributed by atoms with van der Waals surface area (Å²) in [5.41, 5.74) is 0.910. The van der Waals surface area contributed by atoms with Crippen LogP contribution < -0.4 is 10.6 Å². The molecule has 1 N–H and O–H groups in total. The van der Waals surface area contributed by atoms with Gasteiger partial charge in [-0.3, -0.25) is 9.59 Å². The van der Waals surface area contributed by atoms with E-state index in [0.29, 0.717) is 10.6 Å². The molecule has 0 spiro atoms. The fraction of sp³-hybridized carbons (Fsp3) is 0. The number of benzene rings is 1. The third-order valence-electron chi connectivity index (χ3n) is 2.45. The van der Waals surface area contributed by atoms with Crippen molar-refractivity contribution in [3.05, 3.63) is 35.0 Å². The zero-order valence-corrected chi connectivity index (χ0v) is 15.9. The van der Waals surface area contributed by atoms with Crippen LogP contribution in [-0.2, 0) is 9.59 Å². The third-order valence-corrected chi connectivity index (χ3v) is 2.45. The van der Waals surface area contributed by atoms with Gasteiger partial charge in [0.1, 0.15) is 0 Å². The maximum Gasteiger partial charge on any atom is 0.318 e. The molecule has 0 aliphatic carbocycles. The SMILES string of the molecule is O=C1C=c2ccc3[nH]ccc3c2=NC1=O.[K].[K]. The maximum absolute atomic E-state index is 11.2. The molecule has 0 saturated carbocycles. The number of carbonyl (C=O) groups is 2. The molecule has 1 aliphatic heterocycles. The number of nitrogens with one attached hydrogen (secondary N) is 1. The van der Waals surface area contributed by atoms with Crippen LogP contribution in [0.2, 0.25) is 0 Å². The third kappa shape index (κ3) is 2.97. The van der Waals surface area contributed by atoms with Crippen LogP contribution in [0.1, 0.15) is 0 Å². The first kappa shape index (κ1) is 16.1. The average molecular weight is 276 g/mol. The van der Waals surface area contributed by atoms with Gasteiger partial charge in [-0.2, -0.15) is 0 Å². The molecule has 0 atom stereocenters. The fourth-order valence-corrected chi connectivity index (χ4v) is 1.74. The Bertz CT molecular complexity index is 719. The van der Waals surface area contributed by atoms with Crippen molar-refractivity contribution >= 4 is 131 Å². The fourth-order valence-electron chi connectivity index (χ4n) is 1.74. The number of hydrogen-bond donors (Lipinski definition) is 1. The Morgan fingerprint density at radius 3 is 2.59 bits per heavy atom. The number of Topliss-reactive ketones (excluding diaryl/α,β-unsaturated/α-hetero) is 1. The number of aromatic amines is 1. The quantitative estimate of drug-likeness (QED) is 0.491. The molecule has 0 saturated heterocycles. The summed E-state index contributed by atoms with van der Waals surface area (Å²) < 4.78 is 0. The van der Waals surface area contributed by atoms with Crippen LogP contribution in [0, 0.1) is 0 Å². The molecule has 4 nitrogen and oxygen atoms in total. The van der Waals surface area contributed by atoms with Gasteiger partial charge in [-0.25, -0.2) is 4.99 Å². The largest absolute Gasteiger partial charge is 0.361 e. The smallest absolute Gasteiger partial charge is 0.318 e. The van der Waals surface area contributed by atoms with Crippen LogP contribution in [0.3, 0.4) is 0 Å². The van der Waals surface area contributed by atoms with E-state index >= 15 is 0 Å². The van der Waals surface area contributed by atoms with Gasteiger partial charge in [0.25, 0.3) is 0 Å². The molecule has 1 amide bonds. The van der Waals surface area contributed by atoms with Gasteiger partial charge in [0.15, 0.2) is 0 Å². The Kier molecular flexibility index (Phi) is 6.12. The molecular weight excluding hydrogens is 270 g/mol. The number of amides is 1. The second-order valence-corrected chi connectivity index (χ2v) is 3.37. The Morgan fingerprint density at radius 1 is 1.06 bits per heavy atom. The summed E-state index contributed by atoms with van der Waals surface area (Å²) >= 11 is 0. The number of rotatable bonds is 0. The number of ketones is 1. The summed E-state index contributed by atoms with van der Waals surface area (Å²) in [6.45, 7) is 0. The Morgan fingerprint density at radius 2 is 1.82 bits per heavy atom. The first-order valence-corrected chi connectivity index (χ1v) is 4.50. The van der Waals surface area contributed by atoms with E-state index in [1.165, 1.54) is 6.08 Å². The van der Waals surface area contributed by atoms with E-state index < -0.39 is 11.7 Å². The van der Waals surface area contributed by atoms with Crippen molar-refractivity contribution in [2.45, 2.75) is 0 Å². The van der Waals surface area contributed by atoms with E-state index in [-0.39, 0.29) is 103 Å². The van der Waals surface area contributed by atoms with Gasteiger partial charge in [-0.15, -0.1) is 0 Å². The van der Waals surface area contributed by atoms with Crippen molar-refractivity contribution in [2.24, 2.45) is 4.99 Å². The van der Waals surface area contributed by atoms with Crippen LogP contribution in [0.15, 0.2) is 29.4 Å². The molecular formula is C11H6K2N2O2. The van der Waals surface area contributed by atoms with E-state index in [4.69, 9.17) is 0 Å². The molecule has 2 heterocycles. The predicted octanol–water partition coefficient (Wildman–Crippen LogP) is -1.08. The minimum Gasteiger partial charge on any atom is -0.361 e. The van der Waals surface area contributed by atoms with Gasteiger partial charge in [-0.05, 0) is 12.1 Å². The minimum absolute atomic E-state index is 0. The monoisotopic (exact) mass is 276 g/mol. The number of H-pyrrole nitrogens is 1. The molecule has 17 heavy (non-hydrogen) atoms. The zero-order valence-electron chi connectivity index (χ0n) is 9.65. The summed E-state index contributed by atoms with van der Waals surface area (Å²) in [5.74, 6) is -1.26. The van der Waals surface area contributed by atoms with Crippen LogP contribution in [0.25, 0.3) is 17.0 Å². The number of carbonyl (C=O) groups excluding carboxylic acids is 2. The van der Waals surface area contributed by atoms with Gasteiger partial charge < -0.3 is 4.98 Å². The van der Waals surface area contributed by atoms with Gasteiger partial charge >= 0.3 is 5.91 Å². The van der Waals surface area contributed by atoms with Crippen molar-refractivity contribution in [1.82, 2.24) is 4.98 Å². The number of hydrogen-bond acceptors (Lipinski definition) is 2. The molecule has 1 aromatic carbocycles. The van der Waals surface area contributed by atoms with E-state index in [9.17, 15) is 9.59 Å². The molecule has 0 bridgehead atoms. The first-order chi connectivity index (χ1) is 7.25. The van der Waals surface area contributed by atoms with Crippen LogP contribution in [0.5, 0.6) is 0 Å². The van der Waals surface area contributed by atoms with Crippen molar-refractivity contribution in [2.75, 3.05) is 0 Å². The second kappa shape index (κ2) is 6.47. The zero-order chi connectivity index (χ0) is 10.4. The second-order valence-electron chi connectivity index (χ2n) is 3.37. The topological polar surface area (TPSA) is 62.3 Å². The summed E-state index contributed by atoms with van der Waals surface area (Å²) in [7, 11) is 0.